The monoisotopic (exact) mass is 295 g/mol. The second-order valence-electron chi connectivity index (χ2n) is 4.79. The van der Waals surface area contributed by atoms with Crippen LogP contribution in [0.25, 0.3) is 11.5 Å². The van der Waals surface area contributed by atoms with Gasteiger partial charge >= 0.3 is 0 Å². The van der Waals surface area contributed by atoms with Crippen molar-refractivity contribution in [3.05, 3.63) is 29.8 Å². The first kappa shape index (κ1) is 15.4. The van der Waals surface area contributed by atoms with Crippen LogP contribution in [0.5, 0.6) is 5.75 Å². The number of benzene rings is 1. The number of halogens is 1. The van der Waals surface area contributed by atoms with Crippen LogP contribution in [0.3, 0.4) is 0 Å². The molecule has 1 aromatic heterocycles. The molecule has 7 heteroatoms. The molecule has 0 aliphatic heterocycles. The van der Waals surface area contributed by atoms with E-state index in [2.05, 4.69) is 10.1 Å². The van der Waals surface area contributed by atoms with Crippen LogP contribution >= 0.6 is 0 Å². The van der Waals surface area contributed by atoms with Gasteiger partial charge in [0.15, 0.2) is 5.82 Å². The zero-order valence-corrected chi connectivity index (χ0v) is 12.2. The van der Waals surface area contributed by atoms with Crippen molar-refractivity contribution in [1.29, 1.82) is 0 Å². The molecule has 1 aromatic carbocycles. The fourth-order valence-electron chi connectivity index (χ4n) is 1.66. The second kappa shape index (κ2) is 6.64. The van der Waals surface area contributed by atoms with Crippen molar-refractivity contribution in [3.8, 4) is 17.2 Å². The zero-order chi connectivity index (χ0) is 15.4. The lowest BCUT2D eigenvalue weighted by atomic mass is 10.2. The smallest absolute Gasteiger partial charge is 0.260 e. The third kappa shape index (κ3) is 3.77. The summed E-state index contributed by atoms with van der Waals surface area (Å²) < 4.78 is 29.3. The van der Waals surface area contributed by atoms with Crippen LogP contribution in [0.2, 0.25) is 0 Å². The third-order valence-electron chi connectivity index (χ3n) is 2.79. The van der Waals surface area contributed by atoms with Gasteiger partial charge < -0.3 is 19.7 Å². The van der Waals surface area contributed by atoms with Crippen molar-refractivity contribution in [3.63, 3.8) is 0 Å². The molecule has 0 aliphatic rings. The van der Waals surface area contributed by atoms with Crippen molar-refractivity contribution in [1.82, 2.24) is 10.1 Å². The van der Waals surface area contributed by atoms with E-state index in [4.69, 9.17) is 19.7 Å². The van der Waals surface area contributed by atoms with Crippen molar-refractivity contribution in [2.75, 3.05) is 13.7 Å². The van der Waals surface area contributed by atoms with Gasteiger partial charge in [0.25, 0.3) is 5.89 Å². The summed E-state index contributed by atoms with van der Waals surface area (Å²) in [7, 11) is 1.47. The largest absolute Gasteiger partial charge is 0.497 e. The lowest BCUT2D eigenvalue weighted by molar-refractivity contribution is 0.0665. The SMILES string of the molecule is COc1ccc(-c2nc(C(N)COC(C)C)no2)c(F)c1. The van der Waals surface area contributed by atoms with E-state index < -0.39 is 11.9 Å². The number of nitrogens with two attached hydrogens (primary N) is 1. The number of nitrogens with zero attached hydrogens (tertiary/aromatic N) is 2. The average molecular weight is 295 g/mol. The molecule has 0 aliphatic carbocycles. The van der Waals surface area contributed by atoms with Crippen molar-refractivity contribution >= 4 is 0 Å². The highest BCUT2D eigenvalue weighted by atomic mass is 19.1. The van der Waals surface area contributed by atoms with E-state index in [1.807, 2.05) is 13.8 Å². The first-order valence-corrected chi connectivity index (χ1v) is 6.56. The van der Waals surface area contributed by atoms with Crippen LogP contribution in [0, 0.1) is 5.82 Å². The van der Waals surface area contributed by atoms with Gasteiger partial charge in [-0.05, 0) is 26.0 Å². The van der Waals surface area contributed by atoms with Crippen LogP contribution in [-0.4, -0.2) is 30.0 Å². The molecule has 2 N–H and O–H groups in total. The molecule has 1 atom stereocenters. The summed E-state index contributed by atoms with van der Waals surface area (Å²) in [5.74, 6) is 0.264. The maximum atomic E-state index is 13.9. The lowest BCUT2D eigenvalue weighted by Gasteiger charge is -2.10. The molecular weight excluding hydrogens is 277 g/mol. The van der Waals surface area contributed by atoms with Crippen LogP contribution in [0.1, 0.15) is 25.7 Å². The minimum atomic E-state index is -0.522. The normalized spacial score (nSPS) is 12.7. The van der Waals surface area contributed by atoms with Crippen LogP contribution in [0.4, 0.5) is 4.39 Å². The number of rotatable bonds is 6. The van der Waals surface area contributed by atoms with E-state index in [1.165, 1.54) is 19.2 Å². The fraction of sp³-hybridized carbons (Fsp3) is 0.429. The topological polar surface area (TPSA) is 83.4 Å². The molecule has 114 valence electrons. The molecule has 2 rings (SSSR count). The summed E-state index contributed by atoms with van der Waals surface area (Å²) in [6.07, 6.45) is 0.0569. The Morgan fingerprint density at radius 2 is 2.14 bits per heavy atom. The van der Waals surface area contributed by atoms with Crippen molar-refractivity contribution in [2.45, 2.75) is 26.0 Å². The minimum absolute atomic E-state index is 0.0569. The molecule has 6 nitrogen and oxygen atoms in total. The number of methoxy groups -OCH3 is 1. The van der Waals surface area contributed by atoms with Crippen molar-refractivity contribution in [2.24, 2.45) is 5.73 Å². The van der Waals surface area contributed by atoms with Gasteiger partial charge in [0.05, 0.1) is 31.4 Å². The van der Waals surface area contributed by atoms with Gasteiger partial charge in [-0.1, -0.05) is 5.16 Å². The summed E-state index contributed by atoms with van der Waals surface area (Å²) in [5, 5.41) is 3.77. The predicted molar refractivity (Wildman–Crippen MR) is 74.3 cm³/mol. The van der Waals surface area contributed by atoms with E-state index in [0.717, 1.165) is 0 Å². The lowest BCUT2D eigenvalue weighted by Crippen LogP contribution is -2.20. The number of hydrogen-bond acceptors (Lipinski definition) is 6. The minimum Gasteiger partial charge on any atom is -0.497 e. The Morgan fingerprint density at radius 3 is 2.76 bits per heavy atom. The van der Waals surface area contributed by atoms with Gasteiger partial charge in [-0.15, -0.1) is 0 Å². The highest BCUT2D eigenvalue weighted by Gasteiger charge is 2.18. The number of hydrogen-bond donors (Lipinski definition) is 1. The molecule has 2 aromatic rings. The van der Waals surface area contributed by atoms with Crippen molar-refractivity contribution < 1.29 is 18.4 Å². The standard InChI is InChI=1S/C14H18FN3O3/c1-8(2)20-7-12(16)13-17-14(21-18-13)10-5-4-9(19-3)6-11(10)15/h4-6,8,12H,7,16H2,1-3H3. The highest BCUT2D eigenvalue weighted by molar-refractivity contribution is 5.55. The molecule has 0 saturated heterocycles. The Bertz CT molecular complexity index is 601. The molecule has 0 spiro atoms. The van der Waals surface area contributed by atoms with Gasteiger partial charge in [0.2, 0.25) is 0 Å². The van der Waals surface area contributed by atoms with E-state index in [0.29, 0.717) is 5.75 Å². The quantitative estimate of drug-likeness (QED) is 0.880. The third-order valence-corrected chi connectivity index (χ3v) is 2.79. The van der Waals surface area contributed by atoms with Crippen LogP contribution < -0.4 is 10.5 Å². The number of ether oxygens (including phenoxy) is 2. The van der Waals surface area contributed by atoms with E-state index in [9.17, 15) is 4.39 Å². The molecular formula is C14H18FN3O3. The Labute approximate surface area is 122 Å². The maximum absolute atomic E-state index is 13.9. The first-order chi connectivity index (χ1) is 10.0. The second-order valence-corrected chi connectivity index (χ2v) is 4.79. The zero-order valence-electron chi connectivity index (χ0n) is 12.2. The molecule has 1 unspecified atom stereocenters. The Balaban J connectivity index is 2.16. The Morgan fingerprint density at radius 1 is 1.38 bits per heavy atom. The Kier molecular flexibility index (Phi) is 4.87. The van der Waals surface area contributed by atoms with Crippen LogP contribution in [0.15, 0.2) is 22.7 Å². The van der Waals surface area contributed by atoms with Gasteiger partial charge in [0.1, 0.15) is 11.6 Å². The number of aromatic nitrogens is 2. The molecule has 0 radical (unpaired) electrons. The molecule has 21 heavy (non-hydrogen) atoms. The fourth-order valence-corrected chi connectivity index (χ4v) is 1.66. The van der Waals surface area contributed by atoms with Gasteiger partial charge in [-0.25, -0.2) is 4.39 Å². The van der Waals surface area contributed by atoms with Crippen LogP contribution in [-0.2, 0) is 4.74 Å². The van der Waals surface area contributed by atoms with E-state index in [-0.39, 0.29) is 30.0 Å². The van der Waals surface area contributed by atoms with E-state index >= 15 is 0 Å². The first-order valence-electron chi connectivity index (χ1n) is 6.56. The maximum Gasteiger partial charge on any atom is 0.260 e. The average Bonchev–Trinajstić information content (AvgIpc) is 2.94. The van der Waals surface area contributed by atoms with Gasteiger partial charge in [-0.3, -0.25) is 0 Å². The summed E-state index contributed by atoms with van der Waals surface area (Å²) >= 11 is 0. The predicted octanol–water partition coefficient (Wildman–Crippen LogP) is 2.31. The summed E-state index contributed by atoms with van der Waals surface area (Å²) in [5.41, 5.74) is 6.10. The summed E-state index contributed by atoms with van der Waals surface area (Å²) in [6, 6.07) is 3.86. The molecule has 0 amide bonds. The van der Waals surface area contributed by atoms with E-state index in [1.54, 1.807) is 6.07 Å². The van der Waals surface area contributed by atoms with Gasteiger partial charge in [-0.2, -0.15) is 4.98 Å². The van der Waals surface area contributed by atoms with Gasteiger partial charge in [0, 0.05) is 6.07 Å². The molecule has 0 bridgehead atoms. The molecule has 0 fully saturated rings. The molecule has 0 saturated carbocycles. The Hall–Kier alpha value is -1.99. The summed E-state index contributed by atoms with van der Waals surface area (Å²) in [4.78, 5) is 4.11. The highest BCUT2D eigenvalue weighted by Crippen LogP contribution is 2.25. The molecule has 1 heterocycles. The summed E-state index contributed by atoms with van der Waals surface area (Å²) in [6.45, 7) is 4.07.